The Hall–Kier alpha value is -2.99. The quantitative estimate of drug-likeness (QED) is 0.237. The van der Waals surface area contributed by atoms with Gasteiger partial charge >= 0.3 is 0 Å². The Labute approximate surface area is 237 Å². The molecule has 1 aliphatic heterocycles. The molecule has 1 saturated heterocycles. The summed E-state index contributed by atoms with van der Waals surface area (Å²) in [5, 5.41) is 8.31. The van der Waals surface area contributed by atoms with Crippen LogP contribution in [0, 0.1) is 13.8 Å². The fraction of sp³-hybridized carbons (Fsp3) is 0.382. The summed E-state index contributed by atoms with van der Waals surface area (Å²) in [6, 6.07) is 26.6. The number of carbonyl (C=O) groups is 1. The molecule has 2 heterocycles. The number of benzene rings is 3. The number of fused-ring (bicyclic) bond motifs is 1. The SMILES string of the molecule is Cc1cccc(C2CNCCN2CCCC(=O)N(C)CCC(c2cccs2)c2cccc3ccccc23)c1C. The number of aryl methyl sites for hydroxylation is 1. The van der Waals surface area contributed by atoms with Crippen molar-refractivity contribution in [3.8, 4) is 0 Å². The van der Waals surface area contributed by atoms with Crippen molar-refractivity contribution < 1.29 is 4.79 Å². The monoisotopic (exact) mass is 539 g/mol. The minimum absolute atomic E-state index is 0.247. The lowest BCUT2D eigenvalue weighted by Gasteiger charge is -2.37. The molecule has 1 N–H and O–H groups in total. The molecule has 0 radical (unpaired) electrons. The maximum absolute atomic E-state index is 13.2. The number of amides is 1. The highest BCUT2D eigenvalue weighted by atomic mass is 32.1. The van der Waals surface area contributed by atoms with Crippen LogP contribution in [0.1, 0.15) is 58.4 Å². The van der Waals surface area contributed by atoms with Crippen molar-refractivity contribution in [3.63, 3.8) is 0 Å². The molecular formula is C34H41N3OS. The number of thiophene rings is 1. The minimum atomic E-state index is 0.247. The van der Waals surface area contributed by atoms with E-state index in [0.29, 0.717) is 12.5 Å². The summed E-state index contributed by atoms with van der Waals surface area (Å²) in [5.74, 6) is 0.529. The fourth-order valence-corrected chi connectivity index (χ4v) is 6.90. The van der Waals surface area contributed by atoms with Gasteiger partial charge in [0.1, 0.15) is 0 Å². The lowest BCUT2D eigenvalue weighted by Crippen LogP contribution is -2.46. The Balaban J connectivity index is 1.19. The van der Waals surface area contributed by atoms with Gasteiger partial charge in [-0.2, -0.15) is 0 Å². The second-order valence-electron chi connectivity index (χ2n) is 10.9. The molecule has 204 valence electrons. The van der Waals surface area contributed by atoms with Gasteiger partial charge in [0.05, 0.1) is 0 Å². The molecule has 2 atom stereocenters. The van der Waals surface area contributed by atoms with E-state index in [4.69, 9.17) is 0 Å². The van der Waals surface area contributed by atoms with Crippen molar-refractivity contribution in [2.75, 3.05) is 39.8 Å². The smallest absolute Gasteiger partial charge is 0.222 e. The minimum Gasteiger partial charge on any atom is -0.346 e. The van der Waals surface area contributed by atoms with Crippen molar-refractivity contribution in [1.82, 2.24) is 15.1 Å². The molecule has 1 fully saturated rings. The van der Waals surface area contributed by atoms with Gasteiger partial charge < -0.3 is 10.2 Å². The fourth-order valence-electron chi connectivity index (χ4n) is 6.02. The molecule has 4 aromatic rings. The summed E-state index contributed by atoms with van der Waals surface area (Å²) in [7, 11) is 1.97. The molecule has 0 saturated carbocycles. The molecule has 0 aliphatic carbocycles. The summed E-state index contributed by atoms with van der Waals surface area (Å²) in [6.45, 7) is 9.13. The molecule has 1 amide bonds. The van der Waals surface area contributed by atoms with Crippen LogP contribution in [0.15, 0.2) is 78.2 Å². The normalized spacial score (nSPS) is 16.8. The lowest BCUT2D eigenvalue weighted by molar-refractivity contribution is -0.130. The molecule has 39 heavy (non-hydrogen) atoms. The predicted molar refractivity (Wildman–Crippen MR) is 165 cm³/mol. The highest BCUT2D eigenvalue weighted by Crippen LogP contribution is 2.35. The topological polar surface area (TPSA) is 35.6 Å². The van der Waals surface area contributed by atoms with Crippen LogP contribution in [0.5, 0.6) is 0 Å². The number of nitrogens with zero attached hydrogens (tertiary/aromatic N) is 2. The van der Waals surface area contributed by atoms with Crippen LogP contribution in [-0.4, -0.2) is 55.5 Å². The van der Waals surface area contributed by atoms with E-state index in [1.807, 2.05) is 23.3 Å². The number of hydrogen-bond donors (Lipinski definition) is 1. The Morgan fingerprint density at radius 2 is 1.87 bits per heavy atom. The molecule has 1 aliphatic rings. The third kappa shape index (κ3) is 6.43. The van der Waals surface area contributed by atoms with Crippen molar-refractivity contribution in [1.29, 1.82) is 0 Å². The van der Waals surface area contributed by atoms with Gasteiger partial charge in [0.25, 0.3) is 0 Å². The maximum atomic E-state index is 13.2. The largest absolute Gasteiger partial charge is 0.346 e. The summed E-state index contributed by atoms with van der Waals surface area (Å²) in [5.41, 5.74) is 5.50. The molecule has 0 spiro atoms. The Morgan fingerprint density at radius 1 is 1.05 bits per heavy atom. The molecule has 4 nitrogen and oxygen atoms in total. The predicted octanol–water partition coefficient (Wildman–Crippen LogP) is 6.93. The van der Waals surface area contributed by atoms with E-state index in [1.54, 1.807) is 0 Å². The average Bonchev–Trinajstić information content (AvgIpc) is 3.50. The summed E-state index contributed by atoms with van der Waals surface area (Å²) >= 11 is 1.81. The molecule has 1 aromatic heterocycles. The van der Waals surface area contributed by atoms with E-state index in [0.717, 1.165) is 45.6 Å². The van der Waals surface area contributed by atoms with E-state index in [1.165, 1.54) is 37.9 Å². The Morgan fingerprint density at radius 3 is 2.72 bits per heavy atom. The first-order valence-electron chi connectivity index (χ1n) is 14.3. The molecular weight excluding hydrogens is 498 g/mol. The Kier molecular flexibility index (Phi) is 9.13. The third-order valence-corrected chi connectivity index (χ3v) is 9.45. The first kappa shape index (κ1) is 27.6. The highest BCUT2D eigenvalue weighted by Gasteiger charge is 2.25. The van der Waals surface area contributed by atoms with Gasteiger partial charge in [-0.1, -0.05) is 66.7 Å². The number of rotatable bonds is 10. The van der Waals surface area contributed by atoms with Crippen LogP contribution < -0.4 is 5.32 Å². The second kappa shape index (κ2) is 12.9. The van der Waals surface area contributed by atoms with Gasteiger partial charge in [-0.3, -0.25) is 9.69 Å². The Bertz CT molecular complexity index is 1380. The van der Waals surface area contributed by atoms with Gasteiger partial charge in [-0.05, 0) is 77.7 Å². The van der Waals surface area contributed by atoms with Crippen molar-refractivity contribution in [2.24, 2.45) is 0 Å². The van der Waals surface area contributed by atoms with Crippen LogP contribution in [-0.2, 0) is 4.79 Å². The van der Waals surface area contributed by atoms with Gasteiger partial charge in [-0.25, -0.2) is 0 Å². The van der Waals surface area contributed by atoms with Crippen molar-refractivity contribution in [2.45, 2.75) is 45.1 Å². The lowest BCUT2D eigenvalue weighted by atomic mass is 9.89. The summed E-state index contributed by atoms with van der Waals surface area (Å²) < 4.78 is 0. The van der Waals surface area contributed by atoms with Crippen LogP contribution in [0.25, 0.3) is 10.8 Å². The molecule has 5 heteroatoms. The van der Waals surface area contributed by atoms with Crippen LogP contribution in [0.2, 0.25) is 0 Å². The highest BCUT2D eigenvalue weighted by molar-refractivity contribution is 7.10. The summed E-state index contributed by atoms with van der Waals surface area (Å²) in [6.07, 6.45) is 2.41. The number of carbonyl (C=O) groups excluding carboxylic acids is 1. The summed E-state index contributed by atoms with van der Waals surface area (Å²) in [4.78, 5) is 19.1. The molecule has 0 bridgehead atoms. The van der Waals surface area contributed by atoms with Gasteiger partial charge in [0, 0.05) is 56.5 Å². The standard InChI is InChI=1S/C34H41N3OS/c1-25-10-6-14-28(26(25)2)32-24-35-19-22-37(32)20-8-17-34(38)36(3)21-18-31(33-16-9-23-39-33)30-15-7-12-27-11-4-5-13-29(27)30/h4-7,9-16,23,31-32,35H,8,17-22,24H2,1-3H3. The van der Waals surface area contributed by atoms with Crippen LogP contribution in [0.4, 0.5) is 0 Å². The first-order chi connectivity index (χ1) is 19.0. The number of piperazine rings is 1. The van der Waals surface area contributed by atoms with Crippen LogP contribution >= 0.6 is 11.3 Å². The maximum Gasteiger partial charge on any atom is 0.222 e. The van der Waals surface area contributed by atoms with Gasteiger partial charge in [0.2, 0.25) is 5.91 Å². The number of nitrogens with one attached hydrogen (secondary N) is 1. The van der Waals surface area contributed by atoms with Gasteiger partial charge in [-0.15, -0.1) is 11.3 Å². The molecule has 5 rings (SSSR count). The van der Waals surface area contributed by atoms with Crippen LogP contribution in [0.3, 0.4) is 0 Å². The first-order valence-corrected chi connectivity index (χ1v) is 15.2. The van der Waals surface area contributed by atoms with E-state index >= 15 is 0 Å². The number of hydrogen-bond acceptors (Lipinski definition) is 4. The van der Waals surface area contributed by atoms with E-state index in [9.17, 15) is 4.79 Å². The van der Waals surface area contributed by atoms with Gasteiger partial charge in [0.15, 0.2) is 0 Å². The molecule has 2 unspecified atom stereocenters. The zero-order valence-corrected chi connectivity index (χ0v) is 24.3. The van der Waals surface area contributed by atoms with E-state index in [-0.39, 0.29) is 11.8 Å². The average molecular weight is 540 g/mol. The zero-order chi connectivity index (χ0) is 27.2. The molecule has 3 aromatic carbocycles. The third-order valence-electron chi connectivity index (χ3n) is 8.46. The van der Waals surface area contributed by atoms with Crippen molar-refractivity contribution >= 4 is 28.0 Å². The van der Waals surface area contributed by atoms with E-state index in [2.05, 4.69) is 102 Å². The van der Waals surface area contributed by atoms with E-state index < -0.39 is 0 Å². The second-order valence-corrected chi connectivity index (χ2v) is 11.9. The zero-order valence-electron chi connectivity index (χ0n) is 23.5. The van der Waals surface area contributed by atoms with Crippen molar-refractivity contribution in [3.05, 3.63) is 105 Å².